The maximum Gasteiger partial charge on any atom is 0.341 e. The van der Waals surface area contributed by atoms with Crippen LogP contribution >= 0.6 is 34.5 Å². The van der Waals surface area contributed by atoms with Gasteiger partial charge >= 0.3 is 5.97 Å². The van der Waals surface area contributed by atoms with E-state index in [1.54, 1.807) is 37.8 Å². The van der Waals surface area contributed by atoms with Crippen LogP contribution in [0.2, 0.25) is 10.0 Å². The molecule has 174 valence electrons. The largest absolute Gasteiger partial charge is 0.479 e. The number of amides is 2. The smallest absolute Gasteiger partial charge is 0.341 e. The molecule has 1 aromatic heterocycles. The van der Waals surface area contributed by atoms with Crippen molar-refractivity contribution in [2.24, 2.45) is 0 Å². The first-order valence-corrected chi connectivity index (χ1v) is 11.7. The number of anilines is 1. The summed E-state index contributed by atoms with van der Waals surface area (Å²) in [6.07, 6.45) is -0.937. The molecule has 2 aromatic rings. The van der Waals surface area contributed by atoms with E-state index in [2.05, 4.69) is 5.32 Å². The summed E-state index contributed by atoms with van der Waals surface area (Å²) in [5, 5.41) is 3.65. The van der Waals surface area contributed by atoms with Gasteiger partial charge in [0.1, 0.15) is 10.8 Å². The Morgan fingerprint density at radius 3 is 2.38 bits per heavy atom. The highest BCUT2D eigenvalue weighted by Gasteiger charge is 2.29. The zero-order valence-corrected chi connectivity index (χ0v) is 20.9. The fourth-order valence-electron chi connectivity index (χ4n) is 2.94. The Kier molecular flexibility index (Phi) is 9.36. The normalized spacial score (nSPS) is 11.6. The molecule has 0 aliphatic rings. The summed E-state index contributed by atoms with van der Waals surface area (Å²) < 4.78 is 10.8. The van der Waals surface area contributed by atoms with Crippen LogP contribution in [0.25, 0.3) is 0 Å². The van der Waals surface area contributed by atoms with Crippen molar-refractivity contribution >= 4 is 57.3 Å². The number of esters is 1. The van der Waals surface area contributed by atoms with Gasteiger partial charge in [0.05, 0.1) is 22.1 Å². The van der Waals surface area contributed by atoms with Gasteiger partial charge in [0.15, 0.2) is 6.10 Å². The maximum absolute atomic E-state index is 12.9. The zero-order valence-electron chi connectivity index (χ0n) is 18.6. The molecule has 2 amide bonds. The van der Waals surface area contributed by atoms with Crippen molar-refractivity contribution in [1.82, 2.24) is 4.90 Å². The molecule has 32 heavy (non-hydrogen) atoms. The number of carbonyl (C=O) groups excluding carboxylic acids is 3. The molecule has 0 bridgehead atoms. The lowest BCUT2D eigenvalue weighted by Gasteiger charge is -2.18. The number of ether oxygens (including phenoxy) is 2. The lowest BCUT2D eigenvalue weighted by Crippen LogP contribution is -2.30. The molecule has 1 atom stereocenters. The average molecular weight is 501 g/mol. The van der Waals surface area contributed by atoms with Crippen LogP contribution in [0.1, 0.15) is 53.3 Å². The number of thiophene rings is 1. The van der Waals surface area contributed by atoms with Gasteiger partial charge in [-0.15, -0.1) is 11.3 Å². The molecule has 2 rings (SSSR count). The third-order valence-corrected chi connectivity index (χ3v) is 6.40. The van der Waals surface area contributed by atoms with Crippen LogP contribution < -0.4 is 10.1 Å². The minimum Gasteiger partial charge on any atom is -0.479 e. The van der Waals surface area contributed by atoms with E-state index in [4.69, 9.17) is 32.7 Å². The van der Waals surface area contributed by atoms with Crippen molar-refractivity contribution in [3.05, 3.63) is 44.2 Å². The number of rotatable bonds is 9. The fourth-order valence-corrected chi connectivity index (χ4v) is 4.56. The predicted molar refractivity (Wildman–Crippen MR) is 127 cm³/mol. The molecular formula is C22H26Cl2N2O5S. The second-order valence-electron chi connectivity index (χ2n) is 6.78. The topological polar surface area (TPSA) is 84.9 Å². The second kappa shape index (κ2) is 11.5. The third kappa shape index (κ3) is 5.94. The zero-order chi connectivity index (χ0) is 24.0. The van der Waals surface area contributed by atoms with Gasteiger partial charge in [-0.25, -0.2) is 4.79 Å². The molecule has 0 fully saturated rings. The van der Waals surface area contributed by atoms with E-state index >= 15 is 0 Å². The highest BCUT2D eigenvalue weighted by molar-refractivity contribution is 7.18. The highest BCUT2D eigenvalue weighted by Crippen LogP contribution is 2.35. The number of halogens is 2. The van der Waals surface area contributed by atoms with Gasteiger partial charge in [-0.1, -0.05) is 23.2 Å². The Hall–Kier alpha value is -2.29. The minimum absolute atomic E-state index is 0.162. The predicted octanol–water partition coefficient (Wildman–Crippen LogP) is 5.43. The van der Waals surface area contributed by atoms with E-state index in [9.17, 15) is 14.4 Å². The van der Waals surface area contributed by atoms with E-state index in [1.165, 1.54) is 6.07 Å². The summed E-state index contributed by atoms with van der Waals surface area (Å²) >= 11 is 13.0. The van der Waals surface area contributed by atoms with E-state index in [-0.39, 0.29) is 28.1 Å². The van der Waals surface area contributed by atoms with E-state index in [0.717, 1.165) is 11.3 Å². The minimum atomic E-state index is -0.937. The Morgan fingerprint density at radius 1 is 1.16 bits per heavy atom. The average Bonchev–Trinajstić information content (AvgIpc) is 3.06. The Morgan fingerprint density at radius 2 is 1.81 bits per heavy atom. The number of benzene rings is 1. The Labute approximate surface area is 201 Å². The Bertz CT molecular complexity index is 1000. The third-order valence-electron chi connectivity index (χ3n) is 4.67. The summed E-state index contributed by atoms with van der Waals surface area (Å²) in [4.78, 5) is 40.4. The lowest BCUT2D eigenvalue weighted by atomic mass is 10.1. The van der Waals surface area contributed by atoms with Crippen LogP contribution in [0.5, 0.6) is 5.75 Å². The summed E-state index contributed by atoms with van der Waals surface area (Å²) in [5.74, 6) is -1.03. The van der Waals surface area contributed by atoms with Crippen LogP contribution in [0.15, 0.2) is 18.2 Å². The molecule has 7 nitrogen and oxygen atoms in total. The summed E-state index contributed by atoms with van der Waals surface area (Å²) in [7, 11) is 0. The molecule has 1 N–H and O–H groups in total. The van der Waals surface area contributed by atoms with E-state index in [1.807, 2.05) is 13.8 Å². The molecule has 0 aliphatic carbocycles. The molecule has 1 heterocycles. The number of hydrogen-bond acceptors (Lipinski definition) is 6. The summed E-state index contributed by atoms with van der Waals surface area (Å²) in [6.45, 7) is 9.86. The van der Waals surface area contributed by atoms with E-state index in [0.29, 0.717) is 34.3 Å². The highest BCUT2D eigenvalue weighted by atomic mass is 35.5. The lowest BCUT2D eigenvalue weighted by molar-refractivity contribution is -0.122. The van der Waals surface area contributed by atoms with Gasteiger partial charge < -0.3 is 19.7 Å². The van der Waals surface area contributed by atoms with Crippen molar-refractivity contribution in [2.45, 2.75) is 40.7 Å². The molecule has 0 aliphatic heterocycles. The number of hydrogen-bond donors (Lipinski definition) is 1. The van der Waals surface area contributed by atoms with Crippen LogP contribution in [0.4, 0.5) is 5.00 Å². The van der Waals surface area contributed by atoms with Gasteiger partial charge in [0.25, 0.3) is 11.8 Å². The molecular weight excluding hydrogens is 475 g/mol. The fraction of sp³-hybridized carbons (Fsp3) is 0.409. The second-order valence-corrected chi connectivity index (χ2v) is 8.65. The van der Waals surface area contributed by atoms with Crippen LogP contribution in [0.3, 0.4) is 0 Å². The van der Waals surface area contributed by atoms with Crippen LogP contribution in [-0.2, 0) is 9.53 Å². The van der Waals surface area contributed by atoms with Gasteiger partial charge in [-0.3, -0.25) is 9.59 Å². The molecule has 0 saturated heterocycles. The SMILES string of the molecule is CCOC(=O)c1c(NC(=O)C(C)Oc2ccc(Cl)cc2Cl)sc(C(=O)N(CC)CC)c1C. The first kappa shape index (κ1) is 26.0. The Balaban J connectivity index is 2.33. The summed E-state index contributed by atoms with van der Waals surface area (Å²) in [6, 6.07) is 4.67. The molecule has 0 spiro atoms. The standard InChI is InChI=1S/C22H26Cl2N2O5S/c1-6-26(7-2)21(28)18-12(4)17(22(29)30-8-3)20(32-18)25-19(27)13(5)31-16-10-9-14(23)11-15(16)24/h9-11,13H,6-8H2,1-5H3,(H,25,27). The van der Waals surface area contributed by atoms with Crippen molar-refractivity contribution in [2.75, 3.05) is 25.0 Å². The quantitative estimate of drug-likeness (QED) is 0.464. The molecule has 1 unspecified atom stereocenters. The number of nitrogens with one attached hydrogen (secondary N) is 1. The first-order chi connectivity index (χ1) is 15.1. The summed E-state index contributed by atoms with van der Waals surface area (Å²) in [5.41, 5.74) is 0.632. The van der Waals surface area contributed by atoms with Crippen molar-refractivity contribution < 1.29 is 23.9 Å². The van der Waals surface area contributed by atoms with Crippen molar-refractivity contribution in [3.8, 4) is 5.75 Å². The number of nitrogens with zero attached hydrogens (tertiary/aromatic N) is 1. The molecule has 10 heteroatoms. The molecule has 0 saturated carbocycles. The molecule has 1 aromatic carbocycles. The number of carbonyl (C=O) groups is 3. The van der Waals surface area contributed by atoms with E-state index < -0.39 is 18.0 Å². The van der Waals surface area contributed by atoms with Gasteiger partial charge in [0, 0.05) is 18.1 Å². The van der Waals surface area contributed by atoms with Gasteiger partial charge in [-0.05, 0) is 58.4 Å². The van der Waals surface area contributed by atoms with Crippen LogP contribution in [-0.4, -0.2) is 48.5 Å². The maximum atomic E-state index is 12.9. The monoisotopic (exact) mass is 500 g/mol. The van der Waals surface area contributed by atoms with Crippen molar-refractivity contribution in [3.63, 3.8) is 0 Å². The van der Waals surface area contributed by atoms with Gasteiger partial charge in [0.2, 0.25) is 0 Å². The van der Waals surface area contributed by atoms with Crippen molar-refractivity contribution in [1.29, 1.82) is 0 Å². The van der Waals surface area contributed by atoms with Gasteiger partial charge in [-0.2, -0.15) is 0 Å². The van der Waals surface area contributed by atoms with Crippen LogP contribution in [0, 0.1) is 6.92 Å². The molecule has 0 radical (unpaired) electrons. The first-order valence-electron chi connectivity index (χ1n) is 10.2.